The Hall–Kier alpha value is -2.84. The number of benzene rings is 4. The molecule has 0 aliphatic rings. The Morgan fingerprint density at radius 2 is 1.18 bits per heavy atom. The van der Waals surface area contributed by atoms with Crippen molar-refractivity contribution < 1.29 is 0 Å². The zero-order chi connectivity index (χ0) is 14.9. The highest BCUT2D eigenvalue weighted by Crippen LogP contribution is 2.35. The normalized spacial score (nSPS) is 11.0. The van der Waals surface area contributed by atoms with Crippen molar-refractivity contribution in [1.82, 2.24) is 0 Å². The maximum atomic E-state index is 6.41. The van der Waals surface area contributed by atoms with E-state index in [2.05, 4.69) is 54.6 Å². The zero-order valence-electron chi connectivity index (χ0n) is 12.1. The van der Waals surface area contributed by atoms with Crippen LogP contribution in [0.1, 0.15) is 0 Å². The molecule has 0 saturated heterocycles. The van der Waals surface area contributed by atoms with Crippen LogP contribution in [0, 0.1) is 0 Å². The Balaban J connectivity index is 2.04. The molecule has 0 aliphatic heterocycles. The molecule has 0 bridgehead atoms. The summed E-state index contributed by atoms with van der Waals surface area (Å²) in [5.74, 6) is 6.41. The monoisotopic (exact) mass is 284 g/mol. The molecule has 2 nitrogen and oxygen atoms in total. The summed E-state index contributed by atoms with van der Waals surface area (Å²) in [7, 11) is 0. The Morgan fingerprint density at radius 1 is 0.591 bits per heavy atom. The molecule has 0 heterocycles. The van der Waals surface area contributed by atoms with Crippen molar-refractivity contribution in [3.63, 3.8) is 0 Å². The molecule has 4 aromatic rings. The van der Waals surface area contributed by atoms with Gasteiger partial charge in [0.2, 0.25) is 0 Å². The van der Waals surface area contributed by atoms with E-state index in [0.717, 1.165) is 16.8 Å². The second-order valence-electron chi connectivity index (χ2n) is 5.37. The van der Waals surface area contributed by atoms with E-state index < -0.39 is 0 Å². The number of nitrogens with zero attached hydrogens (tertiary/aromatic N) is 1. The van der Waals surface area contributed by atoms with Crippen LogP contribution in [0.25, 0.3) is 21.5 Å². The van der Waals surface area contributed by atoms with E-state index in [4.69, 9.17) is 5.84 Å². The molecule has 0 fully saturated rings. The highest BCUT2D eigenvalue weighted by atomic mass is 15.4. The maximum Gasteiger partial charge on any atom is 0.0660 e. The number of fused-ring (bicyclic) bond motifs is 3. The van der Waals surface area contributed by atoms with E-state index in [-0.39, 0.29) is 0 Å². The predicted octanol–water partition coefficient (Wildman–Crippen LogP) is 5.00. The Morgan fingerprint density at radius 3 is 1.95 bits per heavy atom. The molecular weight excluding hydrogens is 268 g/mol. The minimum Gasteiger partial charge on any atom is -0.279 e. The number of nitrogens with two attached hydrogens (primary N) is 1. The van der Waals surface area contributed by atoms with Crippen LogP contribution in [0.15, 0.2) is 84.9 Å². The van der Waals surface area contributed by atoms with Gasteiger partial charge < -0.3 is 0 Å². The van der Waals surface area contributed by atoms with E-state index in [1.165, 1.54) is 16.2 Å². The van der Waals surface area contributed by atoms with Gasteiger partial charge in [-0.25, -0.2) is 5.84 Å². The molecule has 0 unspecified atom stereocenters. The lowest BCUT2D eigenvalue weighted by Crippen LogP contribution is -2.25. The van der Waals surface area contributed by atoms with Gasteiger partial charge in [-0.1, -0.05) is 66.7 Å². The molecule has 106 valence electrons. The van der Waals surface area contributed by atoms with E-state index >= 15 is 0 Å². The van der Waals surface area contributed by atoms with Gasteiger partial charge in [-0.05, 0) is 34.4 Å². The molecule has 0 amide bonds. The van der Waals surface area contributed by atoms with Gasteiger partial charge in [0, 0.05) is 5.39 Å². The third-order valence-corrected chi connectivity index (χ3v) is 4.04. The van der Waals surface area contributed by atoms with Gasteiger partial charge in [0.15, 0.2) is 0 Å². The van der Waals surface area contributed by atoms with Gasteiger partial charge in [-0.15, -0.1) is 0 Å². The van der Waals surface area contributed by atoms with Crippen LogP contribution in [0.3, 0.4) is 0 Å². The number of anilines is 2. The summed E-state index contributed by atoms with van der Waals surface area (Å²) in [6.07, 6.45) is 0. The summed E-state index contributed by atoms with van der Waals surface area (Å²) in [6.45, 7) is 0. The molecule has 0 aromatic heterocycles. The van der Waals surface area contributed by atoms with Crippen LogP contribution in [-0.2, 0) is 0 Å². The number of hydrazine groups is 1. The smallest absolute Gasteiger partial charge is 0.0660 e. The lowest BCUT2D eigenvalue weighted by molar-refractivity contribution is 1.10. The van der Waals surface area contributed by atoms with Crippen molar-refractivity contribution in [1.29, 1.82) is 0 Å². The second-order valence-corrected chi connectivity index (χ2v) is 5.37. The highest BCUT2D eigenvalue weighted by Gasteiger charge is 2.11. The summed E-state index contributed by atoms with van der Waals surface area (Å²) < 4.78 is 0. The average Bonchev–Trinajstić information content (AvgIpc) is 2.61. The maximum absolute atomic E-state index is 6.41. The van der Waals surface area contributed by atoms with Crippen molar-refractivity contribution in [3.05, 3.63) is 84.9 Å². The van der Waals surface area contributed by atoms with Gasteiger partial charge in [-0.3, -0.25) is 5.01 Å². The van der Waals surface area contributed by atoms with Crippen molar-refractivity contribution in [2.24, 2.45) is 5.84 Å². The lowest BCUT2D eigenvalue weighted by atomic mass is 10.00. The first-order valence-electron chi connectivity index (χ1n) is 7.35. The number of hydrogen-bond acceptors (Lipinski definition) is 2. The fourth-order valence-corrected chi connectivity index (χ4v) is 2.96. The van der Waals surface area contributed by atoms with E-state index in [0.29, 0.717) is 0 Å². The van der Waals surface area contributed by atoms with Crippen LogP contribution >= 0.6 is 0 Å². The van der Waals surface area contributed by atoms with E-state index in [1.807, 2.05) is 30.3 Å². The fourth-order valence-electron chi connectivity index (χ4n) is 2.96. The van der Waals surface area contributed by atoms with Crippen molar-refractivity contribution in [2.75, 3.05) is 5.01 Å². The fraction of sp³-hybridized carbons (Fsp3) is 0. The van der Waals surface area contributed by atoms with E-state index in [1.54, 1.807) is 5.01 Å². The number of para-hydroxylation sites is 1. The van der Waals surface area contributed by atoms with Crippen LogP contribution in [0.2, 0.25) is 0 Å². The largest absolute Gasteiger partial charge is 0.279 e. The van der Waals surface area contributed by atoms with Gasteiger partial charge in [0.1, 0.15) is 0 Å². The van der Waals surface area contributed by atoms with Gasteiger partial charge in [0.05, 0.1) is 11.4 Å². The minimum absolute atomic E-state index is 0.975. The van der Waals surface area contributed by atoms with Crippen molar-refractivity contribution >= 4 is 32.9 Å². The Kier molecular flexibility index (Phi) is 3.02. The summed E-state index contributed by atoms with van der Waals surface area (Å²) in [4.78, 5) is 0. The third-order valence-electron chi connectivity index (χ3n) is 4.04. The van der Waals surface area contributed by atoms with Crippen LogP contribution < -0.4 is 10.9 Å². The first kappa shape index (κ1) is 12.9. The number of hydrogen-bond donors (Lipinski definition) is 1. The summed E-state index contributed by atoms with van der Waals surface area (Å²) in [6, 6.07) is 29.0. The minimum atomic E-state index is 0.975. The number of rotatable bonds is 2. The van der Waals surface area contributed by atoms with Crippen LogP contribution in [0.5, 0.6) is 0 Å². The quantitative estimate of drug-likeness (QED) is 0.319. The van der Waals surface area contributed by atoms with Gasteiger partial charge >= 0.3 is 0 Å². The molecule has 2 heteroatoms. The van der Waals surface area contributed by atoms with Crippen molar-refractivity contribution in [2.45, 2.75) is 0 Å². The first-order valence-corrected chi connectivity index (χ1v) is 7.35. The molecular formula is C20H16N2. The van der Waals surface area contributed by atoms with Crippen molar-refractivity contribution in [3.8, 4) is 0 Å². The van der Waals surface area contributed by atoms with Gasteiger partial charge in [-0.2, -0.15) is 0 Å². The van der Waals surface area contributed by atoms with E-state index in [9.17, 15) is 0 Å². The van der Waals surface area contributed by atoms with Crippen LogP contribution in [-0.4, -0.2) is 0 Å². The predicted molar refractivity (Wildman–Crippen MR) is 94.2 cm³/mol. The molecule has 0 radical (unpaired) electrons. The Labute approximate surface area is 129 Å². The summed E-state index contributed by atoms with van der Waals surface area (Å²) in [5, 5.41) is 6.59. The highest BCUT2D eigenvalue weighted by molar-refractivity contribution is 6.13. The van der Waals surface area contributed by atoms with Crippen LogP contribution in [0.4, 0.5) is 11.4 Å². The SMILES string of the molecule is NN(c1ccccc1)c1cc2ccccc2c2ccccc12. The van der Waals surface area contributed by atoms with Gasteiger partial charge in [0.25, 0.3) is 0 Å². The topological polar surface area (TPSA) is 29.3 Å². The standard InChI is InChI=1S/C20H16N2/c21-22(16-9-2-1-3-10-16)20-14-15-8-4-5-11-17(15)18-12-6-7-13-19(18)20/h1-14H,21H2. The average molecular weight is 284 g/mol. The second kappa shape index (κ2) is 5.17. The molecule has 0 spiro atoms. The molecule has 0 saturated carbocycles. The zero-order valence-corrected chi connectivity index (χ0v) is 12.1. The lowest BCUT2D eigenvalue weighted by Gasteiger charge is -2.21. The first-order chi connectivity index (χ1) is 10.8. The molecule has 0 aliphatic carbocycles. The molecule has 2 N–H and O–H groups in total. The summed E-state index contributed by atoms with van der Waals surface area (Å²) in [5.41, 5.74) is 1.99. The molecule has 22 heavy (non-hydrogen) atoms. The third kappa shape index (κ3) is 2.01. The summed E-state index contributed by atoms with van der Waals surface area (Å²) >= 11 is 0. The molecule has 4 rings (SSSR count). The Bertz CT molecular complexity index is 945. The molecule has 0 atom stereocenters. The molecule has 4 aromatic carbocycles.